The van der Waals surface area contributed by atoms with Gasteiger partial charge in [-0.2, -0.15) is 0 Å². The average Bonchev–Trinajstić information content (AvgIpc) is 2.36. The Kier molecular flexibility index (Phi) is 9.97. The van der Waals surface area contributed by atoms with Gasteiger partial charge in [-0.05, 0) is 25.8 Å². The lowest BCUT2D eigenvalue weighted by molar-refractivity contribution is 0.309. The van der Waals surface area contributed by atoms with Crippen LogP contribution in [0.3, 0.4) is 0 Å². The molecule has 1 rings (SSSR count). The number of nitrogens with two attached hydrogens (primary N) is 1. The van der Waals surface area contributed by atoms with Gasteiger partial charge in [0.05, 0.1) is 6.61 Å². The summed E-state index contributed by atoms with van der Waals surface area (Å²) in [6.45, 7) is 10.2. The fourth-order valence-corrected chi connectivity index (χ4v) is 1.22. The van der Waals surface area contributed by atoms with Crippen molar-refractivity contribution in [2.75, 3.05) is 6.61 Å². The van der Waals surface area contributed by atoms with Gasteiger partial charge in [0.1, 0.15) is 5.75 Å². The molecule has 0 aliphatic heterocycles. The van der Waals surface area contributed by atoms with Crippen molar-refractivity contribution >= 4 is 0 Å². The average molecular weight is 233 g/mol. The van der Waals surface area contributed by atoms with E-state index in [1.165, 1.54) is 0 Å². The summed E-state index contributed by atoms with van der Waals surface area (Å²) in [4.78, 5) is 0. The molecule has 2 heteroatoms. The van der Waals surface area contributed by atoms with Crippen molar-refractivity contribution in [1.82, 2.24) is 0 Å². The molecule has 0 saturated carbocycles. The zero-order chi connectivity index (χ0) is 12.9. The molecule has 2 N–H and O–H groups in total. The molecular formula is C15H23NO. The predicted molar refractivity (Wildman–Crippen MR) is 75.1 cm³/mol. The van der Waals surface area contributed by atoms with Crippen LogP contribution in [0.2, 0.25) is 0 Å². The van der Waals surface area contributed by atoms with Crippen LogP contribution in [0.25, 0.3) is 0 Å². The quantitative estimate of drug-likeness (QED) is 0.601. The highest BCUT2D eigenvalue weighted by molar-refractivity contribution is 5.32. The third-order valence-electron chi connectivity index (χ3n) is 2.00. The van der Waals surface area contributed by atoms with Crippen LogP contribution in [0.5, 0.6) is 5.75 Å². The second-order valence-corrected chi connectivity index (χ2v) is 3.50. The molecule has 0 fully saturated rings. The van der Waals surface area contributed by atoms with Gasteiger partial charge in [-0.3, -0.25) is 0 Å². The van der Waals surface area contributed by atoms with Crippen LogP contribution in [0, 0.1) is 0 Å². The third-order valence-corrected chi connectivity index (χ3v) is 2.00. The summed E-state index contributed by atoms with van der Waals surface area (Å²) in [6.07, 6.45) is 5.64. The van der Waals surface area contributed by atoms with Crippen LogP contribution in [0.15, 0.2) is 49.6 Å². The van der Waals surface area contributed by atoms with Crippen LogP contribution < -0.4 is 10.5 Å². The lowest BCUT2D eigenvalue weighted by Gasteiger charge is -2.09. The second kappa shape index (κ2) is 11.0. The Hall–Kier alpha value is -1.54. The van der Waals surface area contributed by atoms with Gasteiger partial charge in [-0.1, -0.05) is 30.4 Å². The van der Waals surface area contributed by atoms with Crippen molar-refractivity contribution in [3.63, 3.8) is 0 Å². The molecular weight excluding hydrogens is 210 g/mol. The number of para-hydroxylation sites is 1. The monoisotopic (exact) mass is 233 g/mol. The largest absolute Gasteiger partial charge is 0.493 e. The Morgan fingerprint density at radius 2 is 1.94 bits per heavy atom. The Morgan fingerprint density at radius 3 is 2.53 bits per heavy atom. The standard InChI is InChI=1S/C12H17NO.C3H6/c1-2-3-6-9-14-12-8-5-4-7-11(12)10-13;1-3-2/h2,4-5,7-8H,1,3,6,9-10,13H2;3H,1H2,2H3. The Balaban J connectivity index is 0.000000770. The van der Waals surface area contributed by atoms with Crippen LogP contribution in [0.4, 0.5) is 0 Å². The fraction of sp³-hybridized carbons (Fsp3) is 0.333. The van der Waals surface area contributed by atoms with E-state index < -0.39 is 0 Å². The fourth-order valence-electron chi connectivity index (χ4n) is 1.22. The van der Waals surface area contributed by atoms with Crippen LogP contribution >= 0.6 is 0 Å². The molecule has 0 bridgehead atoms. The molecule has 1 aromatic rings. The molecule has 0 aromatic heterocycles. The Morgan fingerprint density at radius 1 is 1.29 bits per heavy atom. The molecule has 1 aromatic carbocycles. The van der Waals surface area contributed by atoms with Crippen molar-refractivity contribution in [2.24, 2.45) is 5.73 Å². The topological polar surface area (TPSA) is 35.2 Å². The van der Waals surface area contributed by atoms with Crippen LogP contribution in [-0.4, -0.2) is 6.61 Å². The lowest BCUT2D eigenvalue weighted by Crippen LogP contribution is -2.03. The minimum absolute atomic E-state index is 0.525. The van der Waals surface area contributed by atoms with E-state index in [2.05, 4.69) is 13.2 Å². The maximum Gasteiger partial charge on any atom is 0.123 e. The number of hydrogen-bond donors (Lipinski definition) is 1. The molecule has 2 nitrogen and oxygen atoms in total. The van der Waals surface area contributed by atoms with Gasteiger partial charge >= 0.3 is 0 Å². The summed E-state index contributed by atoms with van der Waals surface area (Å²) < 4.78 is 5.60. The minimum atomic E-state index is 0.525. The summed E-state index contributed by atoms with van der Waals surface area (Å²) in [5.41, 5.74) is 6.65. The second-order valence-electron chi connectivity index (χ2n) is 3.50. The van der Waals surface area contributed by atoms with E-state index >= 15 is 0 Å². The van der Waals surface area contributed by atoms with Crippen molar-refractivity contribution in [3.8, 4) is 5.75 Å². The van der Waals surface area contributed by atoms with Crippen LogP contribution in [-0.2, 0) is 6.54 Å². The van der Waals surface area contributed by atoms with E-state index in [-0.39, 0.29) is 0 Å². The first kappa shape index (κ1) is 15.5. The van der Waals surface area contributed by atoms with E-state index in [1.807, 2.05) is 37.3 Å². The van der Waals surface area contributed by atoms with Crippen molar-refractivity contribution < 1.29 is 4.74 Å². The first-order valence-corrected chi connectivity index (χ1v) is 5.88. The van der Waals surface area contributed by atoms with E-state index in [0.717, 1.165) is 30.8 Å². The summed E-state index contributed by atoms with van der Waals surface area (Å²) in [5, 5.41) is 0. The minimum Gasteiger partial charge on any atom is -0.493 e. The zero-order valence-corrected chi connectivity index (χ0v) is 10.7. The normalized spacial score (nSPS) is 8.82. The molecule has 0 aliphatic rings. The van der Waals surface area contributed by atoms with Crippen molar-refractivity contribution in [3.05, 3.63) is 55.1 Å². The molecule has 0 atom stereocenters. The molecule has 0 radical (unpaired) electrons. The lowest BCUT2D eigenvalue weighted by atomic mass is 10.2. The van der Waals surface area contributed by atoms with Gasteiger partial charge in [-0.15, -0.1) is 13.2 Å². The van der Waals surface area contributed by atoms with Gasteiger partial charge in [0.2, 0.25) is 0 Å². The highest BCUT2D eigenvalue weighted by atomic mass is 16.5. The molecule has 0 spiro atoms. The third kappa shape index (κ3) is 7.36. The zero-order valence-electron chi connectivity index (χ0n) is 10.7. The molecule has 0 saturated heterocycles. The maximum absolute atomic E-state index is 5.60. The van der Waals surface area contributed by atoms with E-state index in [0.29, 0.717) is 6.54 Å². The van der Waals surface area contributed by atoms with Gasteiger partial charge < -0.3 is 10.5 Å². The molecule has 17 heavy (non-hydrogen) atoms. The summed E-state index contributed by atoms with van der Waals surface area (Å²) in [7, 11) is 0. The van der Waals surface area contributed by atoms with Gasteiger partial charge in [0, 0.05) is 12.1 Å². The predicted octanol–water partition coefficient (Wildman–Crippen LogP) is 3.68. The molecule has 0 unspecified atom stereocenters. The summed E-state index contributed by atoms with van der Waals surface area (Å²) >= 11 is 0. The summed E-state index contributed by atoms with van der Waals surface area (Å²) in [5.74, 6) is 0.902. The molecule has 94 valence electrons. The molecule has 0 heterocycles. The highest BCUT2D eigenvalue weighted by Crippen LogP contribution is 2.17. The number of hydrogen-bond acceptors (Lipinski definition) is 2. The Labute approximate surface area is 105 Å². The van der Waals surface area contributed by atoms with Crippen molar-refractivity contribution in [1.29, 1.82) is 0 Å². The number of unbranched alkanes of at least 4 members (excludes halogenated alkanes) is 1. The maximum atomic E-state index is 5.60. The molecule has 0 aliphatic carbocycles. The summed E-state index contributed by atoms with van der Waals surface area (Å²) in [6, 6.07) is 7.87. The van der Waals surface area contributed by atoms with E-state index in [1.54, 1.807) is 6.08 Å². The van der Waals surface area contributed by atoms with Crippen LogP contribution in [0.1, 0.15) is 25.3 Å². The number of benzene rings is 1. The molecule has 0 amide bonds. The number of ether oxygens (including phenoxy) is 1. The highest BCUT2D eigenvalue weighted by Gasteiger charge is 1.99. The van der Waals surface area contributed by atoms with E-state index in [9.17, 15) is 0 Å². The number of rotatable bonds is 6. The van der Waals surface area contributed by atoms with E-state index in [4.69, 9.17) is 10.5 Å². The van der Waals surface area contributed by atoms with Gasteiger partial charge in [-0.25, -0.2) is 0 Å². The SMILES string of the molecule is C=CC.C=CCCCOc1ccccc1CN. The first-order valence-electron chi connectivity index (χ1n) is 5.88. The van der Waals surface area contributed by atoms with Crippen molar-refractivity contribution in [2.45, 2.75) is 26.3 Å². The first-order chi connectivity index (χ1) is 8.29. The smallest absolute Gasteiger partial charge is 0.123 e. The van der Waals surface area contributed by atoms with Gasteiger partial charge in [0.25, 0.3) is 0 Å². The number of allylic oxidation sites excluding steroid dienone is 2. The van der Waals surface area contributed by atoms with Gasteiger partial charge in [0.15, 0.2) is 0 Å². The Bertz CT molecular complexity index is 320.